The number of ether oxygens (including phenoxy) is 2. The number of thiazole rings is 1. The Labute approximate surface area is 206 Å². The number of hydrogen-bond acceptors (Lipinski definition) is 7. The SMILES string of the molecule is COC(CNC(=O)OCC1c2ccccc2-c2ccccc21)C(=O)NCCc1nc(C(=O)O)cs1. The molecule has 0 bridgehead atoms. The molecule has 1 atom stereocenters. The number of hydrogen-bond donors (Lipinski definition) is 3. The largest absolute Gasteiger partial charge is 0.476 e. The normalized spacial score (nSPS) is 12.9. The minimum Gasteiger partial charge on any atom is -0.476 e. The fraction of sp³-hybridized carbons (Fsp3) is 0.280. The van der Waals surface area contributed by atoms with Gasteiger partial charge >= 0.3 is 12.1 Å². The quantitative estimate of drug-likeness (QED) is 0.395. The van der Waals surface area contributed by atoms with Gasteiger partial charge in [-0.1, -0.05) is 48.5 Å². The third-order valence-electron chi connectivity index (χ3n) is 5.76. The number of alkyl carbamates (subject to hydrolysis) is 1. The lowest BCUT2D eigenvalue weighted by Gasteiger charge is -2.17. The Bertz CT molecular complexity index is 1180. The molecule has 0 radical (unpaired) electrons. The molecule has 4 rings (SSSR count). The van der Waals surface area contributed by atoms with E-state index in [4.69, 9.17) is 14.6 Å². The van der Waals surface area contributed by atoms with E-state index in [1.54, 1.807) is 0 Å². The van der Waals surface area contributed by atoms with Crippen molar-refractivity contribution in [3.63, 3.8) is 0 Å². The van der Waals surface area contributed by atoms with Crippen LogP contribution < -0.4 is 10.6 Å². The number of nitrogens with zero attached hydrogens (tertiary/aromatic N) is 1. The van der Waals surface area contributed by atoms with Crippen LogP contribution in [0.5, 0.6) is 0 Å². The highest BCUT2D eigenvalue weighted by atomic mass is 32.1. The maximum absolute atomic E-state index is 12.4. The van der Waals surface area contributed by atoms with Gasteiger partial charge in [0, 0.05) is 31.4 Å². The number of benzene rings is 2. The summed E-state index contributed by atoms with van der Waals surface area (Å²) in [6.45, 7) is 0.380. The molecule has 3 aromatic rings. The second-order valence-electron chi connectivity index (χ2n) is 7.90. The third kappa shape index (κ3) is 5.67. The third-order valence-corrected chi connectivity index (χ3v) is 6.67. The molecule has 1 heterocycles. The highest BCUT2D eigenvalue weighted by Gasteiger charge is 2.29. The van der Waals surface area contributed by atoms with Crippen molar-refractivity contribution < 1.29 is 29.0 Å². The van der Waals surface area contributed by atoms with Crippen molar-refractivity contribution >= 4 is 29.3 Å². The molecule has 182 valence electrons. The van der Waals surface area contributed by atoms with Crippen molar-refractivity contribution in [2.75, 3.05) is 26.8 Å². The molecule has 0 fully saturated rings. The number of carbonyl (C=O) groups excluding carboxylic acids is 2. The van der Waals surface area contributed by atoms with Crippen molar-refractivity contribution in [3.05, 3.63) is 75.7 Å². The second-order valence-corrected chi connectivity index (χ2v) is 8.85. The van der Waals surface area contributed by atoms with Crippen LogP contribution in [0.15, 0.2) is 53.9 Å². The van der Waals surface area contributed by atoms with Gasteiger partial charge in [0.25, 0.3) is 5.91 Å². The Kier molecular flexibility index (Phi) is 7.74. The highest BCUT2D eigenvalue weighted by molar-refractivity contribution is 7.09. The molecular formula is C25H25N3O6S. The fourth-order valence-electron chi connectivity index (χ4n) is 4.04. The summed E-state index contributed by atoms with van der Waals surface area (Å²) in [4.78, 5) is 39.6. The van der Waals surface area contributed by atoms with Crippen LogP contribution in [0.25, 0.3) is 11.1 Å². The molecule has 9 nitrogen and oxygen atoms in total. The summed E-state index contributed by atoms with van der Waals surface area (Å²) >= 11 is 1.22. The summed E-state index contributed by atoms with van der Waals surface area (Å²) in [6, 6.07) is 16.1. The Balaban J connectivity index is 1.24. The van der Waals surface area contributed by atoms with Crippen LogP contribution in [0, 0.1) is 0 Å². The van der Waals surface area contributed by atoms with Crippen molar-refractivity contribution in [2.24, 2.45) is 0 Å². The summed E-state index contributed by atoms with van der Waals surface area (Å²) in [5.74, 6) is -1.54. The standard InChI is InChI=1S/C25H25N3O6S/c1-33-21(23(29)26-11-10-22-28-20(14-35-22)24(30)31)12-27-25(32)34-13-19-17-8-4-2-6-15(17)16-7-3-5-9-18(16)19/h2-9,14,19,21H,10-13H2,1H3,(H,26,29)(H,27,32)(H,30,31). The first-order valence-electron chi connectivity index (χ1n) is 11.0. The first kappa shape index (κ1) is 24.4. The van der Waals surface area contributed by atoms with Gasteiger partial charge < -0.3 is 25.2 Å². The molecule has 2 amide bonds. The van der Waals surface area contributed by atoms with Crippen LogP contribution in [-0.2, 0) is 20.7 Å². The molecule has 1 unspecified atom stereocenters. The van der Waals surface area contributed by atoms with E-state index in [0.717, 1.165) is 22.3 Å². The maximum atomic E-state index is 12.4. The number of fused-ring (bicyclic) bond motifs is 3. The minimum atomic E-state index is -1.09. The van der Waals surface area contributed by atoms with Crippen molar-refractivity contribution in [3.8, 4) is 11.1 Å². The molecule has 0 saturated heterocycles. The van der Waals surface area contributed by atoms with Crippen molar-refractivity contribution in [2.45, 2.75) is 18.4 Å². The predicted octanol–water partition coefficient (Wildman–Crippen LogP) is 3.05. The summed E-state index contributed by atoms with van der Waals surface area (Å²) in [7, 11) is 1.38. The number of aromatic nitrogens is 1. The average Bonchev–Trinajstić information content (AvgIpc) is 3.46. The molecule has 2 aromatic carbocycles. The molecule has 1 aliphatic carbocycles. The fourth-order valence-corrected chi connectivity index (χ4v) is 4.81. The predicted molar refractivity (Wildman–Crippen MR) is 130 cm³/mol. The van der Waals surface area contributed by atoms with Crippen LogP contribution in [-0.4, -0.2) is 61.0 Å². The summed E-state index contributed by atoms with van der Waals surface area (Å²) in [5, 5.41) is 16.3. The van der Waals surface area contributed by atoms with Crippen LogP contribution in [0.3, 0.4) is 0 Å². The number of nitrogens with one attached hydrogen (secondary N) is 2. The number of carboxylic acid groups (broad SMARTS) is 1. The molecular weight excluding hydrogens is 470 g/mol. The van der Waals surface area contributed by atoms with Gasteiger partial charge in [-0.3, -0.25) is 4.79 Å². The zero-order valence-corrected chi connectivity index (χ0v) is 19.8. The molecule has 10 heteroatoms. The zero-order chi connectivity index (χ0) is 24.8. The molecule has 0 saturated carbocycles. The first-order chi connectivity index (χ1) is 17.0. The Morgan fingerprint density at radius 2 is 1.71 bits per heavy atom. The van der Waals surface area contributed by atoms with E-state index in [1.807, 2.05) is 36.4 Å². The summed E-state index contributed by atoms with van der Waals surface area (Å²) in [5.41, 5.74) is 4.51. The Morgan fingerprint density at radius 1 is 1.06 bits per heavy atom. The second kappa shape index (κ2) is 11.1. The average molecular weight is 496 g/mol. The van der Waals surface area contributed by atoms with Crippen LogP contribution >= 0.6 is 11.3 Å². The van der Waals surface area contributed by atoms with E-state index in [1.165, 1.54) is 23.8 Å². The van der Waals surface area contributed by atoms with Gasteiger partial charge in [0.1, 0.15) is 6.61 Å². The van der Waals surface area contributed by atoms with E-state index in [0.29, 0.717) is 11.4 Å². The first-order valence-corrected chi connectivity index (χ1v) is 11.9. The minimum absolute atomic E-state index is 0.0154. The van der Waals surface area contributed by atoms with Gasteiger partial charge in [-0.25, -0.2) is 14.6 Å². The Hall–Kier alpha value is -3.76. The molecule has 0 spiro atoms. The topological polar surface area (TPSA) is 127 Å². The van der Waals surface area contributed by atoms with Crippen LogP contribution in [0.1, 0.15) is 32.5 Å². The maximum Gasteiger partial charge on any atom is 0.407 e. The van der Waals surface area contributed by atoms with E-state index in [9.17, 15) is 14.4 Å². The summed E-state index contributed by atoms with van der Waals surface area (Å²) < 4.78 is 10.7. The lowest BCUT2D eigenvalue weighted by molar-refractivity contribution is -0.130. The Morgan fingerprint density at radius 3 is 2.31 bits per heavy atom. The number of carbonyl (C=O) groups is 3. The number of rotatable bonds is 10. The van der Waals surface area contributed by atoms with Gasteiger partial charge in [0.05, 0.1) is 11.6 Å². The zero-order valence-electron chi connectivity index (χ0n) is 19.0. The van der Waals surface area contributed by atoms with Crippen molar-refractivity contribution in [1.82, 2.24) is 15.6 Å². The number of aromatic carboxylic acids is 1. The van der Waals surface area contributed by atoms with E-state index < -0.39 is 24.1 Å². The lowest BCUT2D eigenvalue weighted by atomic mass is 9.98. The van der Waals surface area contributed by atoms with Gasteiger partial charge in [-0.2, -0.15) is 0 Å². The van der Waals surface area contributed by atoms with Gasteiger partial charge in [-0.05, 0) is 22.3 Å². The number of amides is 2. The monoisotopic (exact) mass is 495 g/mol. The molecule has 35 heavy (non-hydrogen) atoms. The molecule has 1 aliphatic rings. The molecule has 0 aliphatic heterocycles. The van der Waals surface area contributed by atoms with Gasteiger partial charge in [-0.15, -0.1) is 11.3 Å². The van der Waals surface area contributed by atoms with Gasteiger partial charge in [0.2, 0.25) is 0 Å². The highest BCUT2D eigenvalue weighted by Crippen LogP contribution is 2.44. The van der Waals surface area contributed by atoms with E-state index in [2.05, 4.69) is 27.8 Å². The van der Waals surface area contributed by atoms with Crippen LogP contribution in [0.2, 0.25) is 0 Å². The number of methoxy groups -OCH3 is 1. The van der Waals surface area contributed by atoms with Crippen LogP contribution in [0.4, 0.5) is 4.79 Å². The molecule has 1 aromatic heterocycles. The molecule has 3 N–H and O–H groups in total. The summed E-state index contributed by atoms with van der Waals surface area (Å²) in [6.07, 6.45) is -1.15. The smallest absolute Gasteiger partial charge is 0.407 e. The lowest BCUT2D eigenvalue weighted by Crippen LogP contribution is -2.44. The van der Waals surface area contributed by atoms with Gasteiger partial charge in [0.15, 0.2) is 11.8 Å². The van der Waals surface area contributed by atoms with Crippen molar-refractivity contribution in [1.29, 1.82) is 0 Å². The van der Waals surface area contributed by atoms with E-state index in [-0.39, 0.29) is 31.3 Å². The number of carboxylic acids is 1. The van der Waals surface area contributed by atoms with E-state index >= 15 is 0 Å².